The third-order valence-electron chi connectivity index (χ3n) is 4.12. The van der Waals surface area contributed by atoms with Gasteiger partial charge in [-0.1, -0.05) is 19.4 Å². The molecule has 1 aliphatic heterocycles. The number of piperidine rings is 1. The normalized spacial score (nSPS) is 22.1. The summed E-state index contributed by atoms with van der Waals surface area (Å²) in [4.78, 5) is 25.6. The SMILES string of the molecule is CCCC1(C(=O)O)CCCN(C(=O)c2cccc(F)c2)C1. The predicted octanol–water partition coefficient (Wildman–Crippen LogP) is 2.93. The quantitative estimate of drug-likeness (QED) is 0.928. The standard InChI is InChI=1S/C16H20FNO3/c1-2-7-16(15(20)21)8-4-9-18(11-16)14(19)12-5-3-6-13(17)10-12/h3,5-6,10H,2,4,7-9,11H2,1H3,(H,20,21). The second-order valence-electron chi connectivity index (χ2n) is 5.68. The Bertz CT molecular complexity index is 542. The summed E-state index contributed by atoms with van der Waals surface area (Å²) >= 11 is 0. The fourth-order valence-electron chi connectivity index (χ4n) is 3.07. The number of carbonyl (C=O) groups is 2. The minimum absolute atomic E-state index is 0.200. The van der Waals surface area contributed by atoms with E-state index < -0.39 is 17.2 Å². The summed E-state index contributed by atoms with van der Waals surface area (Å²) in [5.74, 6) is -1.60. The molecular formula is C16H20FNO3. The van der Waals surface area contributed by atoms with Gasteiger partial charge in [0.15, 0.2) is 0 Å². The summed E-state index contributed by atoms with van der Waals surface area (Å²) in [6, 6.07) is 5.52. The van der Waals surface area contributed by atoms with Gasteiger partial charge in [-0.05, 0) is 37.5 Å². The van der Waals surface area contributed by atoms with E-state index in [4.69, 9.17) is 0 Å². The molecule has 0 saturated carbocycles. The number of hydrogen-bond donors (Lipinski definition) is 1. The average Bonchev–Trinajstić information content (AvgIpc) is 2.47. The Balaban J connectivity index is 2.20. The van der Waals surface area contributed by atoms with Crippen LogP contribution in [0.4, 0.5) is 4.39 Å². The van der Waals surface area contributed by atoms with E-state index in [9.17, 15) is 19.1 Å². The first-order chi connectivity index (χ1) is 9.98. The zero-order valence-corrected chi connectivity index (χ0v) is 12.1. The number of nitrogens with zero attached hydrogens (tertiary/aromatic N) is 1. The van der Waals surface area contributed by atoms with Crippen molar-refractivity contribution in [2.24, 2.45) is 5.41 Å². The Morgan fingerprint density at radius 1 is 1.43 bits per heavy atom. The highest BCUT2D eigenvalue weighted by molar-refractivity contribution is 5.94. The van der Waals surface area contributed by atoms with Gasteiger partial charge < -0.3 is 10.0 Å². The number of halogens is 1. The predicted molar refractivity (Wildman–Crippen MR) is 76.5 cm³/mol. The van der Waals surface area contributed by atoms with Crippen LogP contribution in [-0.4, -0.2) is 35.0 Å². The molecule has 1 N–H and O–H groups in total. The molecule has 5 heteroatoms. The average molecular weight is 293 g/mol. The van der Waals surface area contributed by atoms with E-state index >= 15 is 0 Å². The minimum Gasteiger partial charge on any atom is -0.481 e. The second kappa shape index (κ2) is 6.24. The number of carboxylic acid groups (broad SMARTS) is 1. The van der Waals surface area contributed by atoms with Gasteiger partial charge in [0, 0.05) is 18.7 Å². The van der Waals surface area contributed by atoms with E-state index in [0.29, 0.717) is 25.8 Å². The number of aliphatic carboxylic acids is 1. The van der Waals surface area contributed by atoms with Crippen LogP contribution in [0.3, 0.4) is 0 Å². The summed E-state index contributed by atoms with van der Waals surface area (Å²) in [5.41, 5.74) is -0.594. The number of hydrogen-bond acceptors (Lipinski definition) is 2. The van der Waals surface area contributed by atoms with Crippen LogP contribution < -0.4 is 0 Å². The molecule has 1 amide bonds. The lowest BCUT2D eigenvalue weighted by Crippen LogP contribution is -2.49. The first-order valence-electron chi connectivity index (χ1n) is 7.27. The van der Waals surface area contributed by atoms with E-state index in [1.807, 2.05) is 6.92 Å². The summed E-state index contributed by atoms with van der Waals surface area (Å²) < 4.78 is 13.2. The molecule has 1 unspecified atom stereocenters. The van der Waals surface area contributed by atoms with Gasteiger partial charge in [-0.2, -0.15) is 0 Å². The molecule has 1 aromatic rings. The van der Waals surface area contributed by atoms with Gasteiger partial charge in [0.25, 0.3) is 5.91 Å². The first kappa shape index (κ1) is 15.5. The van der Waals surface area contributed by atoms with Crippen LogP contribution in [0.25, 0.3) is 0 Å². The monoisotopic (exact) mass is 293 g/mol. The molecule has 1 heterocycles. The molecule has 0 aromatic heterocycles. The van der Waals surface area contributed by atoms with Gasteiger partial charge in [0.2, 0.25) is 0 Å². The van der Waals surface area contributed by atoms with Crippen molar-refractivity contribution in [1.29, 1.82) is 0 Å². The maximum atomic E-state index is 13.2. The fourth-order valence-corrected chi connectivity index (χ4v) is 3.07. The molecule has 0 aliphatic carbocycles. The molecule has 0 spiro atoms. The number of likely N-dealkylation sites (tertiary alicyclic amines) is 1. The smallest absolute Gasteiger partial charge is 0.311 e. The van der Waals surface area contributed by atoms with Crippen molar-refractivity contribution in [3.05, 3.63) is 35.6 Å². The maximum absolute atomic E-state index is 13.2. The van der Waals surface area contributed by atoms with Crippen LogP contribution in [0, 0.1) is 11.2 Å². The summed E-state index contributed by atoms with van der Waals surface area (Å²) in [6.45, 7) is 2.66. The highest BCUT2D eigenvalue weighted by atomic mass is 19.1. The fraction of sp³-hybridized carbons (Fsp3) is 0.500. The zero-order valence-electron chi connectivity index (χ0n) is 12.1. The van der Waals surface area contributed by atoms with Crippen molar-refractivity contribution in [2.45, 2.75) is 32.6 Å². The molecule has 2 rings (SSSR count). The van der Waals surface area contributed by atoms with Gasteiger partial charge in [0.1, 0.15) is 5.82 Å². The number of carbonyl (C=O) groups excluding carboxylic acids is 1. The number of amides is 1. The maximum Gasteiger partial charge on any atom is 0.311 e. The molecule has 1 fully saturated rings. The van der Waals surface area contributed by atoms with Crippen molar-refractivity contribution in [2.75, 3.05) is 13.1 Å². The Morgan fingerprint density at radius 2 is 2.19 bits per heavy atom. The van der Waals surface area contributed by atoms with Gasteiger partial charge >= 0.3 is 5.97 Å². The van der Waals surface area contributed by atoms with Crippen molar-refractivity contribution < 1.29 is 19.1 Å². The first-order valence-corrected chi connectivity index (χ1v) is 7.27. The third kappa shape index (κ3) is 3.23. The van der Waals surface area contributed by atoms with Gasteiger partial charge in [-0.15, -0.1) is 0 Å². The molecule has 0 radical (unpaired) electrons. The Kier molecular flexibility index (Phi) is 4.60. The molecule has 21 heavy (non-hydrogen) atoms. The number of benzene rings is 1. The second-order valence-corrected chi connectivity index (χ2v) is 5.68. The molecule has 4 nitrogen and oxygen atoms in total. The molecule has 114 valence electrons. The Labute approximate surface area is 123 Å². The van der Waals surface area contributed by atoms with E-state index in [0.717, 1.165) is 6.42 Å². The topological polar surface area (TPSA) is 57.6 Å². The summed E-state index contributed by atoms with van der Waals surface area (Å²) in [7, 11) is 0. The molecule has 1 saturated heterocycles. The van der Waals surface area contributed by atoms with Gasteiger partial charge in [-0.25, -0.2) is 4.39 Å². The zero-order chi connectivity index (χ0) is 15.5. The van der Waals surface area contributed by atoms with Crippen LogP contribution in [-0.2, 0) is 4.79 Å². The molecule has 1 aromatic carbocycles. The van der Waals surface area contributed by atoms with Crippen LogP contribution in [0.1, 0.15) is 43.0 Å². The number of carboxylic acids is 1. The molecule has 1 aliphatic rings. The Morgan fingerprint density at radius 3 is 2.81 bits per heavy atom. The lowest BCUT2D eigenvalue weighted by molar-refractivity contribution is -0.152. The van der Waals surface area contributed by atoms with Gasteiger partial charge in [0.05, 0.1) is 5.41 Å². The highest BCUT2D eigenvalue weighted by Crippen LogP contribution is 2.35. The van der Waals surface area contributed by atoms with Crippen molar-refractivity contribution in [3.63, 3.8) is 0 Å². The molecule has 1 atom stereocenters. The van der Waals surface area contributed by atoms with Crippen molar-refractivity contribution in [1.82, 2.24) is 4.90 Å². The largest absolute Gasteiger partial charge is 0.481 e. The van der Waals surface area contributed by atoms with E-state index in [-0.39, 0.29) is 18.0 Å². The van der Waals surface area contributed by atoms with Crippen LogP contribution in [0.15, 0.2) is 24.3 Å². The van der Waals surface area contributed by atoms with Crippen LogP contribution in [0.2, 0.25) is 0 Å². The Hall–Kier alpha value is -1.91. The van der Waals surface area contributed by atoms with Crippen LogP contribution >= 0.6 is 0 Å². The van der Waals surface area contributed by atoms with E-state index in [1.165, 1.54) is 18.2 Å². The third-order valence-corrected chi connectivity index (χ3v) is 4.12. The van der Waals surface area contributed by atoms with Crippen molar-refractivity contribution in [3.8, 4) is 0 Å². The molecule has 0 bridgehead atoms. The minimum atomic E-state index is -0.865. The van der Waals surface area contributed by atoms with Crippen LogP contribution in [0.5, 0.6) is 0 Å². The van der Waals surface area contributed by atoms with E-state index in [2.05, 4.69) is 0 Å². The van der Waals surface area contributed by atoms with Crippen molar-refractivity contribution >= 4 is 11.9 Å². The number of rotatable bonds is 4. The highest BCUT2D eigenvalue weighted by Gasteiger charge is 2.42. The lowest BCUT2D eigenvalue weighted by Gasteiger charge is -2.40. The summed E-state index contributed by atoms with van der Waals surface area (Å²) in [5, 5.41) is 9.54. The lowest BCUT2D eigenvalue weighted by atomic mass is 9.76. The molecular weight excluding hydrogens is 273 g/mol. The van der Waals surface area contributed by atoms with Gasteiger partial charge in [-0.3, -0.25) is 9.59 Å². The van der Waals surface area contributed by atoms with E-state index in [1.54, 1.807) is 11.0 Å². The summed E-state index contributed by atoms with van der Waals surface area (Å²) in [6.07, 6.45) is 2.56.